The third kappa shape index (κ3) is 1.36. The van der Waals surface area contributed by atoms with E-state index in [0.29, 0.717) is 22.2 Å². The smallest absolute Gasteiger partial charge is 0.150 e. The lowest BCUT2D eigenvalue weighted by Crippen LogP contribution is -1.91. The number of H-pyrrole nitrogens is 2. The summed E-state index contributed by atoms with van der Waals surface area (Å²) in [6, 6.07) is 14.7. The predicted molar refractivity (Wildman–Crippen MR) is 76.7 cm³/mol. The van der Waals surface area contributed by atoms with Crippen molar-refractivity contribution in [2.45, 2.75) is 0 Å². The second-order valence-corrected chi connectivity index (χ2v) is 4.77. The standard InChI is InChI=1S/C16H12N2O2/c19-15-9-5-1-3-7-11(9)17-13(15)14-16(20)10-6-2-4-8-12(10)18-14/h1-8,17-20H/p-1. The highest BCUT2D eigenvalue weighted by molar-refractivity contribution is 5.99. The highest BCUT2D eigenvalue weighted by Gasteiger charge is 2.14. The van der Waals surface area contributed by atoms with Crippen molar-refractivity contribution in [2.75, 3.05) is 0 Å². The van der Waals surface area contributed by atoms with E-state index in [9.17, 15) is 10.2 Å². The Bertz CT molecular complexity index is 856. The minimum Gasteiger partial charge on any atom is -0.871 e. The van der Waals surface area contributed by atoms with Gasteiger partial charge >= 0.3 is 0 Å². The summed E-state index contributed by atoms with van der Waals surface area (Å²) in [5.41, 5.74) is 2.40. The van der Waals surface area contributed by atoms with E-state index in [4.69, 9.17) is 0 Å². The number of aromatic nitrogens is 2. The van der Waals surface area contributed by atoms with Crippen molar-refractivity contribution < 1.29 is 10.2 Å². The van der Waals surface area contributed by atoms with Gasteiger partial charge in [0.1, 0.15) is 11.4 Å². The summed E-state index contributed by atoms with van der Waals surface area (Å²) in [4.78, 5) is 6.18. The van der Waals surface area contributed by atoms with Crippen LogP contribution in [0.5, 0.6) is 11.5 Å². The highest BCUT2D eigenvalue weighted by Crippen LogP contribution is 2.40. The molecule has 20 heavy (non-hydrogen) atoms. The van der Waals surface area contributed by atoms with E-state index in [1.165, 1.54) is 0 Å². The zero-order valence-corrected chi connectivity index (χ0v) is 10.5. The van der Waals surface area contributed by atoms with Crippen molar-refractivity contribution in [2.24, 2.45) is 0 Å². The van der Waals surface area contributed by atoms with Gasteiger partial charge in [-0.2, -0.15) is 0 Å². The van der Waals surface area contributed by atoms with E-state index in [1.807, 2.05) is 42.5 Å². The van der Waals surface area contributed by atoms with Crippen molar-refractivity contribution in [1.82, 2.24) is 9.97 Å². The number of para-hydroxylation sites is 2. The van der Waals surface area contributed by atoms with Crippen molar-refractivity contribution in [3.63, 3.8) is 0 Å². The van der Waals surface area contributed by atoms with Crippen molar-refractivity contribution in [3.05, 3.63) is 48.5 Å². The Morgan fingerprint density at radius 3 is 1.95 bits per heavy atom. The predicted octanol–water partition coefficient (Wildman–Crippen LogP) is 3.10. The molecule has 0 saturated carbocycles. The monoisotopic (exact) mass is 263 g/mol. The van der Waals surface area contributed by atoms with Crippen molar-refractivity contribution in [1.29, 1.82) is 0 Å². The van der Waals surface area contributed by atoms with Crippen LogP contribution in [0.25, 0.3) is 33.2 Å². The molecule has 4 aromatic rings. The third-order valence-corrected chi connectivity index (χ3v) is 3.59. The maximum atomic E-state index is 12.4. The average molecular weight is 263 g/mol. The second-order valence-electron chi connectivity index (χ2n) is 4.77. The molecule has 0 saturated heterocycles. The molecule has 0 aliphatic heterocycles. The zero-order chi connectivity index (χ0) is 13.7. The van der Waals surface area contributed by atoms with Crippen LogP contribution in [0.15, 0.2) is 48.5 Å². The van der Waals surface area contributed by atoms with Gasteiger partial charge in [-0.15, -0.1) is 0 Å². The number of hydrogen-bond acceptors (Lipinski definition) is 2. The van der Waals surface area contributed by atoms with Gasteiger partial charge < -0.3 is 20.2 Å². The van der Waals surface area contributed by atoms with E-state index in [0.717, 1.165) is 11.0 Å². The van der Waals surface area contributed by atoms with Gasteiger partial charge in [-0.05, 0) is 23.6 Å². The molecule has 2 aromatic heterocycles. The number of aromatic amines is 2. The molecule has 3 N–H and O–H groups in total. The van der Waals surface area contributed by atoms with Gasteiger partial charge in [-0.1, -0.05) is 36.1 Å². The first-order valence-corrected chi connectivity index (χ1v) is 6.33. The van der Waals surface area contributed by atoms with Crippen molar-refractivity contribution in [3.8, 4) is 22.9 Å². The van der Waals surface area contributed by atoms with Crippen LogP contribution < -0.4 is 5.11 Å². The maximum Gasteiger partial charge on any atom is 0.150 e. The Labute approximate surface area is 114 Å². The summed E-state index contributed by atoms with van der Waals surface area (Å²) in [6.45, 7) is 0. The molecular formula is C16H11N2O2-. The van der Waals surface area contributed by atoms with Crippen molar-refractivity contribution >= 4 is 21.8 Å². The largest absolute Gasteiger partial charge is 0.871 e. The summed E-state index contributed by atoms with van der Waals surface area (Å²) in [5, 5.41) is 24.0. The summed E-state index contributed by atoms with van der Waals surface area (Å²) >= 11 is 0. The first kappa shape index (κ1) is 11.0. The molecule has 2 heterocycles. The fourth-order valence-corrected chi connectivity index (χ4v) is 2.60. The molecule has 0 atom stereocenters. The number of hydrogen-bond donors (Lipinski definition) is 3. The Morgan fingerprint density at radius 1 is 0.750 bits per heavy atom. The molecule has 4 nitrogen and oxygen atoms in total. The van der Waals surface area contributed by atoms with Gasteiger partial charge in [0.25, 0.3) is 0 Å². The Morgan fingerprint density at radius 2 is 1.30 bits per heavy atom. The van der Waals surface area contributed by atoms with E-state index >= 15 is 0 Å². The molecule has 4 rings (SSSR count). The molecule has 2 aromatic carbocycles. The lowest BCUT2D eigenvalue weighted by Gasteiger charge is -2.06. The Balaban J connectivity index is 2.06. The minimum atomic E-state index is -0.109. The number of nitrogens with one attached hydrogen (secondary N) is 2. The fraction of sp³-hybridized carbons (Fsp3) is 0. The first-order chi connectivity index (χ1) is 9.75. The highest BCUT2D eigenvalue weighted by atomic mass is 16.3. The molecule has 0 aliphatic carbocycles. The fourth-order valence-electron chi connectivity index (χ4n) is 2.60. The molecule has 0 fully saturated rings. The summed E-state index contributed by atoms with van der Waals surface area (Å²) in [7, 11) is 0. The van der Waals surface area contributed by atoms with Crippen LogP contribution in [-0.4, -0.2) is 15.1 Å². The van der Waals surface area contributed by atoms with E-state index in [-0.39, 0.29) is 11.5 Å². The SMILES string of the molecule is [O-]c1c(-c2[nH]c3ccccc3c2O)[nH]c2ccccc12. The Hall–Kier alpha value is -2.88. The molecule has 0 bridgehead atoms. The maximum absolute atomic E-state index is 12.4. The third-order valence-electron chi connectivity index (χ3n) is 3.59. The van der Waals surface area contributed by atoms with Crippen LogP contribution in [-0.2, 0) is 0 Å². The number of aromatic hydroxyl groups is 1. The summed E-state index contributed by atoms with van der Waals surface area (Å²) < 4.78 is 0. The van der Waals surface area contributed by atoms with Crippen LogP contribution in [0.3, 0.4) is 0 Å². The van der Waals surface area contributed by atoms with Gasteiger partial charge in [-0.3, -0.25) is 0 Å². The quantitative estimate of drug-likeness (QED) is 0.493. The average Bonchev–Trinajstić information content (AvgIpc) is 2.98. The van der Waals surface area contributed by atoms with Crippen LogP contribution >= 0.6 is 0 Å². The van der Waals surface area contributed by atoms with Crippen LogP contribution in [0.1, 0.15) is 0 Å². The topological polar surface area (TPSA) is 74.9 Å². The molecule has 0 spiro atoms. The lowest BCUT2D eigenvalue weighted by molar-refractivity contribution is -0.264. The lowest BCUT2D eigenvalue weighted by atomic mass is 10.2. The number of benzene rings is 2. The van der Waals surface area contributed by atoms with E-state index < -0.39 is 0 Å². The summed E-state index contributed by atoms with van der Waals surface area (Å²) in [6.07, 6.45) is 0. The van der Waals surface area contributed by atoms with E-state index in [2.05, 4.69) is 9.97 Å². The van der Waals surface area contributed by atoms with Crippen LogP contribution in [0.4, 0.5) is 0 Å². The van der Waals surface area contributed by atoms with Gasteiger partial charge in [0, 0.05) is 16.4 Å². The zero-order valence-electron chi connectivity index (χ0n) is 10.5. The van der Waals surface area contributed by atoms with Gasteiger partial charge in [0.05, 0.1) is 5.69 Å². The molecular weight excluding hydrogens is 252 g/mol. The van der Waals surface area contributed by atoms with E-state index in [1.54, 1.807) is 6.07 Å². The molecule has 0 unspecified atom stereocenters. The molecule has 4 heteroatoms. The number of rotatable bonds is 1. The van der Waals surface area contributed by atoms with Crippen LogP contribution in [0.2, 0.25) is 0 Å². The molecule has 98 valence electrons. The van der Waals surface area contributed by atoms with Gasteiger partial charge in [0.2, 0.25) is 0 Å². The Kier molecular flexibility index (Phi) is 2.09. The molecule has 0 amide bonds. The second kappa shape index (κ2) is 3.81. The molecule has 0 aliphatic rings. The first-order valence-electron chi connectivity index (χ1n) is 6.33. The van der Waals surface area contributed by atoms with Crippen LogP contribution in [0, 0.1) is 0 Å². The normalized spacial score (nSPS) is 11.4. The molecule has 0 radical (unpaired) electrons. The number of fused-ring (bicyclic) bond motifs is 2. The minimum absolute atomic E-state index is 0.101. The summed E-state index contributed by atoms with van der Waals surface area (Å²) in [5.74, 6) is -0.00767. The van der Waals surface area contributed by atoms with Gasteiger partial charge in [-0.25, -0.2) is 0 Å². The van der Waals surface area contributed by atoms with Gasteiger partial charge in [0.15, 0.2) is 0 Å².